The summed E-state index contributed by atoms with van der Waals surface area (Å²) in [5.41, 5.74) is 6.45. The van der Waals surface area contributed by atoms with Crippen LogP contribution in [0.25, 0.3) is 4.96 Å². The van der Waals surface area contributed by atoms with E-state index >= 15 is 0 Å². The van der Waals surface area contributed by atoms with Crippen LogP contribution in [0.3, 0.4) is 0 Å². The zero-order valence-electron chi connectivity index (χ0n) is 15.8. The van der Waals surface area contributed by atoms with Crippen molar-refractivity contribution in [2.45, 2.75) is 25.8 Å². The van der Waals surface area contributed by atoms with Crippen LogP contribution in [0.5, 0.6) is 11.6 Å². The maximum absolute atomic E-state index is 11.6. The second-order valence-electron chi connectivity index (χ2n) is 7.00. The number of fused-ring (bicyclic) bond motifs is 1. The first-order chi connectivity index (χ1) is 13.5. The normalized spacial score (nSPS) is 17.1. The number of amides is 1. The number of hydrogen-bond donors (Lipinski definition) is 2. The highest BCUT2D eigenvalue weighted by molar-refractivity contribution is 7.17. The highest BCUT2D eigenvalue weighted by Gasteiger charge is 2.34. The number of benzene rings is 1. The van der Waals surface area contributed by atoms with Gasteiger partial charge in [-0.05, 0) is 38.9 Å². The fourth-order valence-electron chi connectivity index (χ4n) is 3.86. The SMILES string of the molecule is COc1ccccc1[C@@H](c1sc2nc(C)nn2c1O)N1CCC(C(N)=O)CC1. The molecule has 0 bridgehead atoms. The Hall–Kier alpha value is -2.65. The van der Waals surface area contributed by atoms with Crippen molar-refractivity contribution in [1.82, 2.24) is 19.5 Å². The molecule has 1 aliphatic heterocycles. The van der Waals surface area contributed by atoms with Crippen LogP contribution >= 0.6 is 11.3 Å². The molecule has 1 atom stereocenters. The summed E-state index contributed by atoms with van der Waals surface area (Å²) in [6.45, 7) is 3.19. The number of carbonyl (C=O) groups is 1. The molecule has 8 nitrogen and oxygen atoms in total. The molecular formula is C19H23N5O3S. The van der Waals surface area contributed by atoms with Gasteiger partial charge in [0, 0.05) is 11.5 Å². The van der Waals surface area contributed by atoms with Gasteiger partial charge in [0.05, 0.1) is 18.0 Å². The summed E-state index contributed by atoms with van der Waals surface area (Å²) >= 11 is 1.42. The Morgan fingerprint density at radius 1 is 1.36 bits per heavy atom. The first kappa shape index (κ1) is 18.7. The molecule has 148 valence electrons. The molecule has 2 aromatic heterocycles. The molecular weight excluding hydrogens is 378 g/mol. The number of hydrogen-bond acceptors (Lipinski definition) is 7. The highest BCUT2D eigenvalue weighted by Crippen LogP contribution is 2.43. The number of piperidine rings is 1. The lowest BCUT2D eigenvalue weighted by Crippen LogP contribution is -2.40. The maximum Gasteiger partial charge on any atom is 0.230 e. The number of ether oxygens (including phenoxy) is 1. The summed E-state index contributed by atoms with van der Waals surface area (Å²) in [6.07, 6.45) is 1.39. The Labute approximate surface area is 166 Å². The minimum absolute atomic E-state index is 0.0912. The predicted molar refractivity (Wildman–Crippen MR) is 106 cm³/mol. The molecule has 3 aromatic rings. The van der Waals surface area contributed by atoms with Crippen LogP contribution in [-0.4, -0.2) is 50.7 Å². The van der Waals surface area contributed by atoms with Gasteiger partial charge in [0.25, 0.3) is 0 Å². The van der Waals surface area contributed by atoms with E-state index in [9.17, 15) is 9.90 Å². The van der Waals surface area contributed by atoms with E-state index in [0.717, 1.165) is 16.2 Å². The number of aryl methyl sites for hydroxylation is 1. The standard InChI is InChI=1S/C19H23N5O3S/c1-11-21-19-24(22-11)18(26)16(28-19)15(13-5-3-4-6-14(13)27-2)23-9-7-12(8-10-23)17(20)25/h3-6,12,15,26H,7-10H2,1-2H3,(H2,20,25)/t15-/m0/s1. The molecule has 9 heteroatoms. The summed E-state index contributed by atoms with van der Waals surface area (Å²) in [6, 6.07) is 7.57. The topological polar surface area (TPSA) is 106 Å². The van der Waals surface area contributed by atoms with Crippen LogP contribution in [0.2, 0.25) is 0 Å². The number of thiazole rings is 1. The fourth-order valence-corrected chi connectivity index (χ4v) is 5.02. The first-order valence-electron chi connectivity index (χ1n) is 9.21. The van der Waals surface area contributed by atoms with Crippen LogP contribution in [0, 0.1) is 12.8 Å². The fraction of sp³-hybridized carbons (Fsp3) is 0.421. The lowest BCUT2D eigenvalue weighted by molar-refractivity contribution is -0.123. The van der Waals surface area contributed by atoms with Gasteiger partial charge in [-0.3, -0.25) is 9.69 Å². The number of aromatic hydroxyl groups is 1. The molecule has 1 aliphatic rings. The van der Waals surface area contributed by atoms with E-state index in [1.165, 1.54) is 15.9 Å². The average molecular weight is 401 g/mol. The van der Waals surface area contributed by atoms with Gasteiger partial charge in [0.15, 0.2) is 0 Å². The minimum Gasteiger partial charge on any atom is -0.496 e. The van der Waals surface area contributed by atoms with E-state index < -0.39 is 0 Å². The van der Waals surface area contributed by atoms with Gasteiger partial charge < -0.3 is 15.6 Å². The number of nitrogens with two attached hydrogens (primary N) is 1. The predicted octanol–water partition coefficient (Wildman–Crippen LogP) is 2.10. The van der Waals surface area contributed by atoms with Crippen LogP contribution < -0.4 is 10.5 Å². The van der Waals surface area contributed by atoms with Crippen molar-refractivity contribution < 1.29 is 14.6 Å². The maximum atomic E-state index is 11.6. The zero-order valence-corrected chi connectivity index (χ0v) is 16.6. The number of rotatable bonds is 5. The first-order valence-corrected chi connectivity index (χ1v) is 10.0. The van der Waals surface area contributed by atoms with Gasteiger partial charge in [-0.15, -0.1) is 5.10 Å². The van der Waals surface area contributed by atoms with Crippen molar-refractivity contribution in [1.29, 1.82) is 0 Å². The van der Waals surface area contributed by atoms with Crippen molar-refractivity contribution in [3.05, 3.63) is 40.5 Å². The number of carbonyl (C=O) groups excluding carboxylic acids is 1. The molecule has 1 amide bonds. The number of likely N-dealkylation sites (tertiary alicyclic amines) is 1. The van der Waals surface area contributed by atoms with Crippen LogP contribution in [0.15, 0.2) is 24.3 Å². The number of methoxy groups -OCH3 is 1. The second-order valence-corrected chi connectivity index (χ2v) is 8.01. The molecule has 28 heavy (non-hydrogen) atoms. The third kappa shape index (κ3) is 3.20. The summed E-state index contributed by atoms with van der Waals surface area (Å²) in [5, 5.41) is 15.2. The Bertz CT molecular complexity index is 1010. The monoisotopic (exact) mass is 401 g/mol. The molecule has 0 saturated carbocycles. The molecule has 1 fully saturated rings. The third-order valence-electron chi connectivity index (χ3n) is 5.28. The molecule has 3 heterocycles. The van der Waals surface area contributed by atoms with Gasteiger partial charge in [-0.25, -0.2) is 4.98 Å². The van der Waals surface area contributed by atoms with E-state index in [4.69, 9.17) is 10.5 Å². The highest BCUT2D eigenvalue weighted by atomic mass is 32.1. The summed E-state index contributed by atoms with van der Waals surface area (Å²) in [5.74, 6) is 1.11. The Morgan fingerprint density at radius 2 is 2.07 bits per heavy atom. The van der Waals surface area contributed by atoms with Crippen molar-refractivity contribution in [3.8, 4) is 11.6 Å². The van der Waals surface area contributed by atoms with Gasteiger partial charge in [-0.1, -0.05) is 29.5 Å². The van der Waals surface area contributed by atoms with E-state index in [2.05, 4.69) is 15.0 Å². The van der Waals surface area contributed by atoms with Gasteiger partial charge >= 0.3 is 0 Å². The van der Waals surface area contributed by atoms with Crippen molar-refractivity contribution in [2.24, 2.45) is 11.7 Å². The van der Waals surface area contributed by atoms with E-state index in [-0.39, 0.29) is 23.7 Å². The molecule has 0 spiro atoms. The zero-order chi connectivity index (χ0) is 19.8. The van der Waals surface area contributed by atoms with Gasteiger partial charge in [0.2, 0.25) is 16.7 Å². The summed E-state index contributed by atoms with van der Waals surface area (Å²) in [4.78, 5) is 19.6. The van der Waals surface area contributed by atoms with Crippen LogP contribution in [0.1, 0.15) is 35.1 Å². The molecule has 0 radical (unpaired) electrons. The van der Waals surface area contributed by atoms with Crippen LogP contribution in [0.4, 0.5) is 0 Å². The van der Waals surface area contributed by atoms with E-state index in [1.807, 2.05) is 24.3 Å². The molecule has 1 saturated heterocycles. The molecule has 4 rings (SSSR count). The van der Waals surface area contributed by atoms with Crippen LogP contribution in [-0.2, 0) is 4.79 Å². The number of nitrogens with zero attached hydrogens (tertiary/aromatic N) is 4. The van der Waals surface area contributed by atoms with Crippen molar-refractivity contribution in [3.63, 3.8) is 0 Å². The minimum atomic E-state index is -0.245. The lowest BCUT2D eigenvalue weighted by atomic mass is 9.93. The number of primary amides is 1. The van der Waals surface area contributed by atoms with E-state index in [1.54, 1.807) is 14.0 Å². The number of para-hydroxylation sites is 1. The summed E-state index contributed by atoms with van der Waals surface area (Å²) < 4.78 is 7.08. The second kappa shape index (κ2) is 7.40. The average Bonchev–Trinajstić information content (AvgIpc) is 3.20. The molecule has 0 unspecified atom stereocenters. The Balaban J connectivity index is 1.78. The van der Waals surface area contributed by atoms with Gasteiger partial charge in [0.1, 0.15) is 11.6 Å². The number of aromatic nitrogens is 3. The van der Waals surface area contributed by atoms with E-state index in [0.29, 0.717) is 36.7 Å². The Morgan fingerprint density at radius 3 is 2.71 bits per heavy atom. The Kier molecular flexibility index (Phi) is 4.94. The van der Waals surface area contributed by atoms with Crippen molar-refractivity contribution >= 4 is 22.2 Å². The van der Waals surface area contributed by atoms with Gasteiger partial charge in [-0.2, -0.15) is 4.52 Å². The lowest BCUT2D eigenvalue weighted by Gasteiger charge is -2.36. The summed E-state index contributed by atoms with van der Waals surface area (Å²) in [7, 11) is 1.64. The third-order valence-corrected chi connectivity index (χ3v) is 6.36. The largest absolute Gasteiger partial charge is 0.496 e. The molecule has 0 aliphatic carbocycles. The molecule has 3 N–H and O–H groups in total. The molecule has 1 aromatic carbocycles. The smallest absolute Gasteiger partial charge is 0.230 e. The van der Waals surface area contributed by atoms with Crippen molar-refractivity contribution in [2.75, 3.05) is 20.2 Å². The quantitative estimate of drug-likeness (QED) is 0.678.